The van der Waals surface area contributed by atoms with E-state index in [0.29, 0.717) is 0 Å². The molecule has 0 amide bonds. The third-order valence-corrected chi connectivity index (χ3v) is 11.5. The van der Waals surface area contributed by atoms with Crippen molar-refractivity contribution in [2.45, 2.75) is 18.3 Å². The highest BCUT2D eigenvalue weighted by atomic mass is 15.0. The molecule has 0 fully saturated rings. The maximum atomic E-state index is 2.54. The molecule has 7 aromatic carbocycles. The number of allylic oxidation sites excluding steroid dienone is 4. The van der Waals surface area contributed by atoms with Crippen molar-refractivity contribution in [2.24, 2.45) is 0 Å². The Hall–Kier alpha value is -6.38. The first-order valence-electron chi connectivity index (χ1n) is 18.0. The van der Waals surface area contributed by atoms with Gasteiger partial charge in [0.05, 0.1) is 33.2 Å². The van der Waals surface area contributed by atoms with E-state index in [1.165, 1.54) is 88.4 Å². The Balaban J connectivity index is 1.19. The lowest BCUT2D eigenvalue weighted by atomic mass is 9.61. The van der Waals surface area contributed by atoms with Gasteiger partial charge in [-0.25, -0.2) is 0 Å². The lowest BCUT2D eigenvalue weighted by molar-refractivity contribution is 0.666. The second-order valence-electron chi connectivity index (χ2n) is 14.0. The summed E-state index contributed by atoms with van der Waals surface area (Å²) >= 11 is 0. The minimum Gasteiger partial charge on any atom is -0.309 e. The lowest BCUT2D eigenvalue weighted by Crippen LogP contribution is -2.36. The molecular formula is C49H34N2. The molecule has 1 aliphatic carbocycles. The number of para-hydroxylation sites is 4. The van der Waals surface area contributed by atoms with Crippen LogP contribution in [0.4, 0.5) is 0 Å². The predicted molar refractivity (Wildman–Crippen MR) is 213 cm³/mol. The first-order valence-corrected chi connectivity index (χ1v) is 18.0. The van der Waals surface area contributed by atoms with Crippen molar-refractivity contribution in [3.63, 3.8) is 0 Å². The van der Waals surface area contributed by atoms with Crippen molar-refractivity contribution in [3.8, 4) is 22.5 Å². The van der Waals surface area contributed by atoms with E-state index in [4.69, 9.17) is 0 Å². The summed E-state index contributed by atoms with van der Waals surface area (Å²) in [4.78, 5) is 0. The molecule has 0 bridgehead atoms. The van der Waals surface area contributed by atoms with Gasteiger partial charge in [-0.3, -0.25) is 0 Å². The molecule has 0 radical (unpaired) electrons. The Bertz CT molecular complexity index is 2900. The van der Waals surface area contributed by atoms with Gasteiger partial charge in [0.2, 0.25) is 0 Å². The molecule has 1 atom stereocenters. The molecule has 11 rings (SSSR count). The number of benzene rings is 7. The molecule has 2 aliphatic rings. The van der Waals surface area contributed by atoms with Gasteiger partial charge in [0.25, 0.3) is 0 Å². The van der Waals surface area contributed by atoms with Crippen molar-refractivity contribution >= 4 is 43.6 Å². The summed E-state index contributed by atoms with van der Waals surface area (Å²) in [5, 5.41) is 5.12. The quantitative estimate of drug-likeness (QED) is 0.179. The molecule has 2 aromatic heterocycles. The molecule has 51 heavy (non-hydrogen) atoms. The van der Waals surface area contributed by atoms with Crippen molar-refractivity contribution < 1.29 is 0 Å². The van der Waals surface area contributed by atoms with Gasteiger partial charge < -0.3 is 9.13 Å². The van der Waals surface area contributed by atoms with Crippen LogP contribution in [0.3, 0.4) is 0 Å². The topological polar surface area (TPSA) is 9.86 Å². The van der Waals surface area contributed by atoms with Crippen LogP contribution in [-0.2, 0) is 5.41 Å². The molecule has 1 unspecified atom stereocenters. The van der Waals surface area contributed by atoms with Crippen LogP contribution in [0.15, 0.2) is 188 Å². The molecule has 0 saturated carbocycles. The fraction of sp³-hybridized carbons (Fsp3) is 0.0612. The van der Waals surface area contributed by atoms with Gasteiger partial charge in [-0.2, -0.15) is 0 Å². The number of aromatic nitrogens is 2. The van der Waals surface area contributed by atoms with E-state index < -0.39 is 0 Å². The highest BCUT2D eigenvalue weighted by Crippen LogP contribution is 2.55. The Labute approximate surface area is 296 Å². The summed E-state index contributed by atoms with van der Waals surface area (Å²) in [6.07, 6.45) is 9.03. The number of rotatable bonds is 4. The third kappa shape index (κ3) is 3.88. The van der Waals surface area contributed by atoms with E-state index in [0.717, 1.165) is 12.8 Å². The maximum absolute atomic E-state index is 2.54. The third-order valence-electron chi connectivity index (χ3n) is 11.5. The van der Waals surface area contributed by atoms with Gasteiger partial charge in [-0.05, 0) is 83.1 Å². The van der Waals surface area contributed by atoms with Crippen LogP contribution in [-0.4, -0.2) is 9.13 Å². The average molecular weight is 651 g/mol. The van der Waals surface area contributed by atoms with Crippen molar-refractivity contribution in [3.05, 3.63) is 204 Å². The molecule has 9 aromatic rings. The minimum absolute atomic E-state index is 0.384. The van der Waals surface area contributed by atoms with Crippen LogP contribution in [0.2, 0.25) is 0 Å². The van der Waals surface area contributed by atoms with Crippen molar-refractivity contribution in [2.75, 3.05) is 0 Å². The zero-order valence-corrected chi connectivity index (χ0v) is 28.1. The first kappa shape index (κ1) is 28.5. The largest absolute Gasteiger partial charge is 0.309 e. The summed E-state index contributed by atoms with van der Waals surface area (Å²) < 4.78 is 4.94. The molecule has 0 saturated heterocycles. The Morgan fingerprint density at radius 3 is 2.02 bits per heavy atom. The fourth-order valence-corrected chi connectivity index (χ4v) is 9.38. The van der Waals surface area contributed by atoms with E-state index in [1.54, 1.807) is 0 Å². The predicted octanol–water partition coefficient (Wildman–Crippen LogP) is 12.5. The van der Waals surface area contributed by atoms with Crippen LogP contribution in [0, 0.1) is 0 Å². The average Bonchev–Trinajstić information content (AvgIpc) is 3.72. The normalized spacial score (nSPS) is 16.6. The van der Waals surface area contributed by atoms with Gasteiger partial charge in [0.1, 0.15) is 0 Å². The number of hydrogen-bond acceptors (Lipinski definition) is 0. The molecule has 0 N–H and O–H groups in total. The molecule has 2 nitrogen and oxygen atoms in total. The SMILES string of the molecule is C1=CCCC(C2(c3ccccc3)c3ccccc3-n3c4ccc(-c5ccc6c7ccccc7n(-c7ccccc7)c6c5)cc4c4cccc2c43)=C1. The molecular weight excluding hydrogens is 617 g/mol. The van der Waals surface area contributed by atoms with Crippen LogP contribution in [0.1, 0.15) is 29.5 Å². The second kappa shape index (κ2) is 10.8. The number of fused-ring (bicyclic) bond motifs is 8. The van der Waals surface area contributed by atoms with E-state index in [9.17, 15) is 0 Å². The summed E-state index contributed by atoms with van der Waals surface area (Å²) in [5.74, 6) is 0. The van der Waals surface area contributed by atoms with Crippen molar-refractivity contribution in [1.82, 2.24) is 9.13 Å². The monoisotopic (exact) mass is 650 g/mol. The molecule has 2 heteroatoms. The van der Waals surface area contributed by atoms with Gasteiger partial charge >= 0.3 is 0 Å². The van der Waals surface area contributed by atoms with Gasteiger partial charge in [-0.1, -0.05) is 145 Å². The summed E-state index contributed by atoms with van der Waals surface area (Å²) in [7, 11) is 0. The summed E-state index contributed by atoms with van der Waals surface area (Å²) in [6, 6.07) is 60.8. The second-order valence-corrected chi connectivity index (χ2v) is 14.0. The van der Waals surface area contributed by atoms with Gasteiger partial charge in [-0.15, -0.1) is 0 Å². The zero-order valence-electron chi connectivity index (χ0n) is 28.1. The Morgan fingerprint density at radius 1 is 0.471 bits per heavy atom. The smallest absolute Gasteiger partial charge is 0.0705 e. The first-order chi connectivity index (χ1) is 25.3. The van der Waals surface area contributed by atoms with Gasteiger partial charge in [0, 0.05) is 27.2 Å². The van der Waals surface area contributed by atoms with Crippen LogP contribution in [0.5, 0.6) is 0 Å². The molecule has 1 aliphatic heterocycles. The summed E-state index contributed by atoms with van der Waals surface area (Å²) in [5.41, 5.74) is 15.0. The Kier molecular flexibility index (Phi) is 6.03. The standard InChI is InChI=1S/C49H34N2/c1-4-15-35(16-5-1)49(36-17-6-2-7-18-36)42-23-11-13-26-46(42)51-45-30-28-33(31-41(45)40-22-14-24-43(49)48(40)51)34-27-29-39-38-21-10-12-25-44(38)50(47(39)32-34)37-19-8-3-9-20-37/h1-6,8-17,19-32H,7,18H2. The summed E-state index contributed by atoms with van der Waals surface area (Å²) in [6.45, 7) is 0. The van der Waals surface area contributed by atoms with E-state index >= 15 is 0 Å². The fourth-order valence-electron chi connectivity index (χ4n) is 9.38. The van der Waals surface area contributed by atoms with Crippen LogP contribution < -0.4 is 0 Å². The highest BCUT2D eigenvalue weighted by Gasteiger charge is 2.46. The lowest BCUT2D eigenvalue weighted by Gasteiger charge is -2.43. The van der Waals surface area contributed by atoms with E-state index in [1.807, 2.05) is 0 Å². The number of nitrogens with zero attached hydrogens (tertiary/aromatic N) is 2. The van der Waals surface area contributed by atoms with Crippen molar-refractivity contribution in [1.29, 1.82) is 0 Å². The van der Waals surface area contributed by atoms with Crippen LogP contribution >= 0.6 is 0 Å². The maximum Gasteiger partial charge on any atom is 0.0705 e. The molecule has 240 valence electrons. The zero-order chi connectivity index (χ0) is 33.5. The molecule has 0 spiro atoms. The highest BCUT2D eigenvalue weighted by molar-refractivity contribution is 6.14. The van der Waals surface area contributed by atoms with E-state index in [2.05, 4.69) is 191 Å². The van der Waals surface area contributed by atoms with Crippen LogP contribution in [0.25, 0.3) is 66.1 Å². The van der Waals surface area contributed by atoms with E-state index in [-0.39, 0.29) is 5.41 Å². The number of hydrogen-bond donors (Lipinski definition) is 0. The minimum atomic E-state index is -0.384. The Morgan fingerprint density at radius 2 is 1.16 bits per heavy atom. The van der Waals surface area contributed by atoms with Gasteiger partial charge in [0.15, 0.2) is 0 Å². The molecule has 3 heterocycles.